The van der Waals surface area contributed by atoms with E-state index in [1.165, 1.54) is 22.8 Å². The van der Waals surface area contributed by atoms with Crippen molar-refractivity contribution in [3.05, 3.63) is 131 Å². The summed E-state index contributed by atoms with van der Waals surface area (Å²) >= 11 is 7.60. The van der Waals surface area contributed by atoms with Crippen LogP contribution in [-0.2, 0) is 14.4 Å². The number of amidine groups is 1. The molecule has 4 aromatic rings. The molecule has 1 atom stereocenters. The number of nitrogens with one attached hydrogen (secondary N) is 3. The van der Waals surface area contributed by atoms with Gasteiger partial charge in [0.05, 0.1) is 17.4 Å². The van der Waals surface area contributed by atoms with Gasteiger partial charge in [0.15, 0.2) is 0 Å². The van der Waals surface area contributed by atoms with Crippen LogP contribution in [0, 0.1) is 0 Å². The van der Waals surface area contributed by atoms with E-state index in [4.69, 9.17) is 11.6 Å². The van der Waals surface area contributed by atoms with Crippen LogP contribution in [-0.4, -0.2) is 34.7 Å². The van der Waals surface area contributed by atoms with Gasteiger partial charge in [-0.15, -0.1) is 11.8 Å². The molecule has 1 aliphatic rings. The van der Waals surface area contributed by atoms with Gasteiger partial charge in [0.25, 0.3) is 17.7 Å². The monoisotopic (exact) mass is 637 g/mol. The molecule has 5 rings (SSSR count). The lowest BCUT2D eigenvalue weighted by atomic mass is 10.1. The van der Waals surface area contributed by atoms with Crippen molar-refractivity contribution >= 4 is 70.3 Å². The Bertz CT molecular complexity index is 1800. The molecule has 9 nitrogen and oxygen atoms in total. The van der Waals surface area contributed by atoms with E-state index in [2.05, 4.69) is 21.1 Å². The van der Waals surface area contributed by atoms with Crippen LogP contribution >= 0.6 is 23.4 Å². The van der Waals surface area contributed by atoms with Crippen LogP contribution in [0.1, 0.15) is 29.3 Å². The van der Waals surface area contributed by atoms with Gasteiger partial charge in [-0.1, -0.05) is 72.3 Å². The number of carbonyl (C=O) groups excluding carboxylic acids is 4. The second-order valence-electron chi connectivity index (χ2n) is 9.90. The van der Waals surface area contributed by atoms with E-state index in [0.29, 0.717) is 27.5 Å². The van der Waals surface area contributed by atoms with E-state index in [0.717, 1.165) is 4.90 Å². The molecule has 4 amide bonds. The normalized spacial score (nSPS) is 13.6. The van der Waals surface area contributed by atoms with Crippen LogP contribution in [0.15, 0.2) is 125 Å². The zero-order chi connectivity index (χ0) is 31.8. The van der Waals surface area contributed by atoms with Gasteiger partial charge in [0.1, 0.15) is 11.5 Å². The molecule has 4 aromatic carbocycles. The zero-order valence-electron chi connectivity index (χ0n) is 24.1. The van der Waals surface area contributed by atoms with Crippen molar-refractivity contribution in [2.45, 2.75) is 23.5 Å². The number of hydrogen-bond acceptors (Lipinski definition) is 6. The Labute approximate surface area is 269 Å². The van der Waals surface area contributed by atoms with Gasteiger partial charge in [0.2, 0.25) is 5.91 Å². The second kappa shape index (κ2) is 14.5. The molecule has 0 saturated carbocycles. The van der Waals surface area contributed by atoms with E-state index in [1.807, 2.05) is 12.1 Å². The van der Waals surface area contributed by atoms with Gasteiger partial charge in [-0.05, 0) is 67.1 Å². The molecule has 1 aliphatic heterocycles. The second-order valence-corrected chi connectivity index (χ2v) is 11.7. The van der Waals surface area contributed by atoms with Crippen molar-refractivity contribution in [1.29, 1.82) is 0 Å². The molecule has 1 heterocycles. The third-order valence-corrected chi connectivity index (χ3v) is 7.99. The van der Waals surface area contributed by atoms with Crippen molar-refractivity contribution in [2.24, 2.45) is 5.10 Å². The first-order valence-electron chi connectivity index (χ1n) is 13.9. The maximum atomic E-state index is 13.4. The smallest absolute Gasteiger partial charge is 0.272 e. The van der Waals surface area contributed by atoms with Crippen LogP contribution in [0.3, 0.4) is 0 Å². The maximum Gasteiger partial charge on any atom is 0.272 e. The maximum absolute atomic E-state index is 13.4. The molecule has 0 aromatic heterocycles. The standard InChI is InChI=1S/C34H28ClN5O4S/c1-22(32(42)38-30-21-31(41)40(39-30)26-15-6-3-7-16-26)45-27-17-10-14-25(20-27)36-34(44)29(19-24-13-8-9-18-28(24)35)37-33(43)23-11-4-2-5-12-23/h2-20,22H,21H2,1H3,(H,36,44)(H,37,43)(H,38,39,42)/b29-19+. The predicted octanol–water partition coefficient (Wildman–Crippen LogP) is 6.10. The SMILES string of the molecule is CC(Sc1cccc(NC(=O)/C(=C\c2ccccc2Cl)NC(=O)c2ccccc2)c1)C(=O)NC1=NN(c2ccccc2)C(=O)C1. The van der Waals surface area contributed by atoms with Crippen LogP contribution in [0.4, 0.5) is 11.4 Å². The first kappa shape index (κ1) is 31.2. The topological polar surface area (TPSA) is 120 Å². The minimum atomic E-state index is -0.556. The third kappa shape index (κ3) is 8.26. The van der Waals surface area contributed by atoms with Gasteiger partial charge in [-0.25, -0.2) is 0 Å². The van der Waals surface area contributed by atoms with Crippen LogP contribution in [0.2, 0.25) is 5.02 Å². The molecule has 0 spiro atoms. The predicted molar refractivity (Wildman–Crippen MR) is 178 cm³/mol. The molecule has 226 valence electrons. The van der Waals surface area contributed by atoms with E-state index in [1.54, 1.807) is 104 Å². The van der Waals surface area contributed by atoms with E-state index in [-0.39, 0.29) is 29.8 Å². The number of hydrazone groups is 1. The average Bonchev–Trinajstić information content (AvgIpc) is 3.42. The zero-order valence-corrected chi connectivity index (χ0v) is 25.6. The summed E-state index contributed by atoms with van der Waals surface area (Å²) < 4.78 is 0. The molecule has 11 heteroatoms. The molecule has 0 radical (unpaired) electrons. The number of hydrogen-bond donors (Lipinski definition) is 3. The Hall–Kier alpha value is -5.19. The van der Waals surface area contributed by atoms with Crippen LogP contribution in [0.25, 0.3) is 6.08 Å². The van der Waals surface area contributed by atoms with Gasteiger partial charge in [-0.2, -0.15) is 10.1 Å². The molecule has 0 aliphatic carbocycles. The number of amides is 4. The lowest BCUT2D eigenvalue weighted by Crippen LogP contribution is -2.35. The highest BCUT2D eigenvalue weighted by molar-refractivity contribution is 8.00. The summed E-state index contributed by atoms with van der Waals surface area (Å²) in [5.74, 6) is -1.28. The van der Waals surface area contributed by atoms with Crippen molar-refractivity contribution in [3.63, 3.8) is 0 Å². The first-order chi connectivity index (χ1) is 21.8. The third-order valence-electron chi connectivity index (χ3n) is 6.55. The highest BCUT2D eigenvalue weighted by Crippen LogP contribution is 2.27. The highest BCUT2D eigenvalue weighted by atomic mass is 35.5. The van der Waals surface area contributed by atoms with E-state index < -0.39 is 17.1 Å². The van der Waals surface area contributed by atoms with Crippen molar-refractivity contribution in [1.82, 2.24) is 10.6 Å². The Morgan fingerprint density at radius 2 is 1.58 bits per heavy atom. The van der Waals surface area contributed by atoms with E-state index in [9.17, 15) is 19.2 Å². The Morgan fingerprint density at radius 3 is 2.31 bits per heavy atom. The molecule has 45 heavy (non-hydrogen) atoms. The Morgan fingerprint density at radius 1 is 0.889 bits per heavy atom. The van der Waals surface area contributed by atoms with Crippen LogP contribution < -0.4 is 21.0 Å². The number of nitrogens with zero attached hydrogens (tertiary/aromatic N) is 2. The number of rotatable bonds is 9. The van der Waals surface area contributed by atoms with Gasteiger partial charge in [0, 0.05) is 21.2 Å². The fourth-order valence-electron chi connectivity index (χ4n) is 4.31. The van der Waals surface area contributed by atoms with Crippen molar-refractivity contribution < 1.29 is 19.2 Å². The number of carbonyl (C=O) groups is 4. The van der Waals surface area contributed by atoms with Crippen molar-refractivity contribution in [2.75, 3.05) is 10.3 Å². The molecule has 0 saturated heterocycles. The summed E-state index contributed by atoms with van der Waals surface area (Å²) in [5.41, 5.74) is 2.03. The lowest BCUT2D eigenvalue weighted by molar-refractivity contribution is -0.119. The number of anilines is 2. The quantitative estimate of drug-likeness (QED) is 0.151. The summed E-state index contributed by atoms with van der Waals surface area (Å²) in [6.07, 6.45) is 1.50. The number of thioether (sulfide) groups is 1. The fraction of sp³-hybridized carbons (Fsp3) is 0.0882. The molecule has 3 N–H and O–H groups in total. The largest absolute Gasteiger partial charge is 0.321 e. The summed E-state index contributed by atoms with van der Waals surface area (Å²) in [6.45, 7) is 1.74. The first-order valence-corrected chi connectivity index (χ1v) is 15.2. The summed E-state index contributed by atoms with van der Waals surface area (Å²) in [6, 6.07) is 31.5. The summed E-state index contributed by atoms with van der Waals surface area (Å²) in [5, 5.41) is 13.7. The van der Waals surface area contributed by atoms with Gasteiger partial charge < -0.3 is 16.0 Å². The van der Waals surface area contributed by atoms with Gasteiger partial charge in [-0.3, -0.25) is 19.2 Å². The van der Waals surface area contributed by atoms with Crippen LogP contribution in [0.5, 0.6) is 0 Å². The molecular weight excluding hydrogens is 610 g/mol. The number of benzene rings is 4. The minimum Gasteiger partial charge on any atom is -0.321 e. The summed E-state index contributed by atoms with van der Waals surface area (Å²) in [7, 11) is 0. The molecular formula is C34H28ClN5O4S. The lowest BCUT2D eigenvalue weighted by Gasteiger charge is -2.14. The molecule has 0 bridgehead atoms. The van der Waals surface area contributed by atoms with Gasteiger partial charge >= 0.3 is 0 Å². The minimum absolute atomic E-state index is 0.000753. The highest BCUT2D eigenvalue weighted by Gasteiger charge is 2.27. The molecule has 0 fully saturated rings. The Balaban J connectivity index is 1.26. The van der Waals surface area contributed by atoms with E-state index >= 15 is 0 Å². The number of para-hydroxylation sites is 1. The fourth-order valence-corrected chi connectivity index (χ4v) is 5.42. The Kier molecular flexibility index (Phi) is 10.1. The number of halogens is 1. The van der Waals surface area contributed by atoms with Crippen molar-refractivity contribution in [3.8, 4) is 0 Å². The molecule has 1 unspecified atom stereocenters. The summed E-state index contributed by atoms with van der Waals surface area (Å²) in [4.78, 5) is 52.5. The average molecular weight is 638 g/mol.